The second kappa shape index (κ2) is 7.83. The van der Waals surface area contributed by atoms with Crippen LogP contribution in [0.5, 0.6) is 0 Å². The fourth-order valence-corrected chi connectivity index (χ4v) is 4.07. The fourth-order valence-electron chi connectivity index (χ4n) is 2.88. The van der Waals surface area contributed by atoms with Crippen molar-refractivity contribution >= 4 is 28.7 Å². The summed E-state index contributed by atoms with van der Waals surface area (Å²) in [4.78, 5) is 29.8. The third-order valence-corrected chi connectivity index (χ3v) is 4.92. The van der Waals surface area contributed by atoms with Crippen LogP contribution in [-0.4, -0.2) is 50.8 Å². The van der Waals surface area contributed by atoms with E-state index in [4.69, 9.17) is 10.1 Å². The van der Waals surface area contributed by atoms with E-state index in [1.165, 1.54) is 11.8 Å². The lowest BCUT2D eigenvalue weighted by Crippen LogP contribution is -2.48. The number of aliphatic carboxylic acids is 1. The number of carboxylic acids is 1. The molecule has 0 spiro atoms. The molecule has 1 aromatic rings. The van der Waals surface area contributed by atoms with Crippen LogP contribution in [0.15, 0.2) is 35.3 Å². The highest BCUT2D eigenvalue weighted by molar-refractivity contribution is 8.13. The molecule has 0 amide bonds. The highest BCUT2D eigenvalue weighted by atomic mass is 32.2. The molecule has 1 atom stereocenters. The van der Waals surface area contributed by atoms with E-state index in [1.807, 2.05) is 42.2 Å². The summed E-state index contributed by atoms with van der Waals surface area (Å²) in [6.45, 7) is 6.07. The standard InChI is InChI=1S/C18H24N2O3S/c1-13-11-18(2,3)19-17(20(13)12-16(22)23)24-10-9-15(21)14-7-5-4-6-8-14/h4-8,13H,9-12H2,1-3H3,(H,22,23). The van der Waals surface area contributed by atoms with Crippen LogP contribution in [0.25, 0.3) is 0 Å². The van der Waals surface area contributed by atoms with Gasteiger partial charge in [-0.05, 0) is 27.2 Å². The molecule has 2 rings (SSSR count). The van der Waals surface area contributed by atoms with Crippen molar-refractivity contribution < 1.29 is 14.7 Å². The topological polar surface area (TPSA) is 70.0 Å². The molecule has 0 radical (unpaired) electrons. The quantitative estimate of drug-likeness (QED) is 0.799. The maximum absolute atomic E-state index is 12.2. The molecule has 0 aromatic heterocycles. The second-order valence-corrected chi connectivity index (χ2v) is 7.73. The normalized spacial score (nSPS) is 19.7. The van der Waals surface area contributed by atoms with Crippen molar-refractivity contribution in [2.75, 3.05) is 12.3 Å². The molecule has 0 saturated heterocycles. The molecular weight excluding hydrogens is 324 g/mol. The first-order valence-electron chi connectivity index (χ1n) is 8.08. The highest BCUT2D eigenvalue weighted by Crippen LogP contribution is 2.30. The minimum atomic E-state index is -0.866. The number of hydrogen-bond acceptors (Lipinski definition) is 5. The van der Waals surface area contributed by atoms with Crippen LogP contribution in [-0.2, 0) is 4.79 Å². The van der Waals surface area contributed by atoms with E-state index in [0.29, 0.717) is 17.7 Å². The molecule has 1 aliphatic rings. The van der Waals surface area contributed by atoms with E-state index in [0.717, 1.165) is 11.6 Å². The SMILES string of the molecule is CC1CC(C)(C)N=C(SCCC(=O)c2ccccc2)N1CC(=O)O. The number of thioether (sulfide) groups is 1. The number of carboxylic acid groups (broad SMARTS) is 1. The molecule has 0 bridgehead atoms. The largest absolute Gasteiger partial charge is 0.480 e. The lowest BCUT2D eigenvalue weighted by molar-refractivity contribution is -0.137. The van der Waals surface area contributed by atoms with Gasteiger partial charge in [0.05, 0.1) is 5.54 Å². The van der Waals surface area contributed by atoms with E-state index in [9.17, 15) is 9.59 Å². The predicted octanol–water partition coefficient (Wildman–Crippen LogP) is 3.31. The van der Waals surface area contributed by atoms with Gasteiger partial charge in [-0.1, -0.05) is 42.1 Å². The maximum atomic E-state index is 12.2. The molecule has 0 aliphatic carbocycles. The number of amidine groups is 1. The number of aliphatic imine (C=N–C) groups is 1. The smallest absolute Gasteiger partial charge is 0.323 e. The summed E-state index contributed by atoms with van der Waals surface area (Å²) in [6, 6.07) is 9.32. The molecule has 24 heavy (non-hydrogen) atoms. The number of ketones is 1. The van der Waals surface area contributed by atoms with E-state index in [-0.39, 0.29) is 23.9 Å². The van der Waals surface area contributed by atoms with E-state index in [2.05, 4.69) is 13.8 Å². The molecule has 1 heterocycles. The second-order valence-electron chi connectivity index (χ2n) is 6.67. The number of benzene rings is 1. The van der Waals surface area contributed by atoms with Gasteiger partial charge in [-0.25, -0.2) is 0 Å². The van der Waals surface area contributed by atoms with Crippen molar-refractivity contribution in [1.29, 1.82) is 0 Å². The van der Waals surface area contributed by atoms with E-state index >= 15 is 0 Å². The summed E-state index contributed by atoms with van der Waals surface area (Å²) >= 11 is 1.47. The van der Waals surface area contributed by atoms with Crippen molar-refractivity contribution in [2.24, 2.45) is 4.99 Å². The number of Topliss-reactive ketones (excluding diaryl/α,β-unsaturated/α-hetero) is 1. The van der Waals surface area contributed by atoms with Crippen molar-refractivity contribution in [2.45, 2.75) is 45.2 Å². The molecule has 1 unspecified atom stereocenters. The van der Waals surface area contributed by atoms with Crippen LogP contribution in [0.2, 0.25) is 0 Å². The number of carbonyl (C=O) groups is 2. The third kappa shape index (κ3) is 5.09. The lowest BCUT2D eigenvalue weighted by Gasteiger charge is -2.40. The fraction of sp³-hybridized carbons (Fsp3) is 0.500. The van der Waals surface area contributed by atoms with Crippen molar-refractivity contribution in [3.8, 4) is 0 Å². The van der Waals surface area contributed by atoms with Crippen molar-refractivity contribution in [3.05, 3.63) is 35.9 Å². The van der Waals surface area contributed by atoms with Gasteiger partial charge in [0.25, 0.3) is 0 Å². The van der Waals surface area contributed by atoms with Gasteiger partial charge in [0, 0.05) is 23.8 Å². The van der Waals surface area contributed by atoms with E-state index < -0.39 is 5.97 Å². The predicted molar refractivity (Wildman–Crippen MR) is 97.8 cm³/mol. The average molecular weight is 348 g/mol. The summed E-state index contributed by atoms with van der Waals surface area (Å²) in [5, 5.41) is 9.86. The maximum Gasteiger partial charge on any atom is 0.323 e. The van der Waals surface area contributed by atoms with Crippen LogP contribution in [0, 0.1) is 0 Å². The molecule has 0 fully saturated rings. The first-order valence-corrected chi connectivity index (χ1v) is 9.06. The van der Waals surface area contributed by atoms with Gasteiger partial charge >= 0.3 is 5.97 Å². The van der Waals surface area contributed by atoms with Gasteiger partial charge in [0.15, 0.2) is 11.0 Å². The molecular formula is C18H24N2O3S. The van der Waals surface area contributed by atoms with Crippen molar-refractivity contribution in [3.63, 3.8) is 0 Å². The lowest BCUT2D eigenvalue weighted by atomic mass is 9.94. The van der Waals surface area contributed by atoms with Gasteiger partial charge in [-0.3, -0.25) is 14.6 Å². The molecule has 1 N–H and O–H groups in total. The summed E-state index contributed by atoms with van der Waals surface area (Å²) < 4.78 is 0. The Morgan fingerprint density at radius 2 is 2.00 bits per heavy atom. The Morgan fingerprint density at radius 1 is 1.33 bits per heavy atom. The number of carbonyl (C=O) groups excluding carboxylic acids is 1. The van der Waals surface area contributed by atoms with Crippen LogP contribution < -0.4 is 0 Å². The number of hydrogen-bond donors (Lipinski definition) is 1. The van der Waals surface area contributed by atoms with Crippen molar-refractivity contribution in [1.82, 2.24) is 4.90 Å². The first kappa shape index (κ1) is 18.5. The zero-order chi connectivity index (χ0) is 17.7. The highest BCUT2D eigenvalue weighted by Gasteiger charge is 2.33. The average Bonchev–Trinajstić information content (AvgIpc) is 2.50. The van der Waals surface area contributed by atoms with Gasteiger partial charge in [-0.15, -0.1) is 0 Å². The zero-order valence-corrected chi connectivity index (χ0v) is 15.2. The molecule has 1 aliphatic heterocycles. The van der Waals surface area contributed by atoms with Gasteiger partial charge in [0.2, 0.25) is 0 Å². The molecule has 6 heteroatoms. The van der Waals surface area contributed by atoms with Crippen LogP contribution in [0.4, 0.5) is 0 Å². The summed E-state index contributed by atoms with van der Waals surface area (Å²) in [6.07, 6.45) is 1.22. The van der Waals surface area contributed by atoms with Crippen LogP contribution in [0.3, 0.4) is 0 Å². The summed E-state index contributed by atoms with van der Waals surface area (Å²) in [5.41, 5.74) is 0.500. The molecule has 130 valence electrons. The Hall–Kier alpha value is -1.82. The van der Waals surface area contributed by atoms with Gasteiger partial charge < -0.3 is 10.0 Å². The van der Waals surface area contributed by atoms with Crippen LogP contribution in [0.1, 0.15) is 44.0 Å². The number of nitrogens with zero attached hydrogens (tertiary/aromatic N) is 2. The minimum Gasteiger partial charge on any atom is -0.480 e. The zero-order valence-electron chi connectivity index (χ0n) is 14.4. The Kier molecular flexibility index (Phi) is 6.04. The van der Waals surface area contributed by atoms with E-state index in [1.54, 1.807) is 0 Å². The molecule has 1 aromatic carbocycles. The van der Waals surface area contributed by atoms with Gasteiger partial charge in [-0.2, -0.15) is 0 Å². The number of rotatable bonds is 6. The van der Waals surface area contributed by atoms with Gasteiger partial charge in [0.1, 0.15) is 6.54 Å². The Labute approximate surface area is 147 Å². The Morgan fingerprint density at radius 3 is 2.62 bits per heavy atom. The third-order valence-electron chi connectivity index (χ3n) is 3.93. The molecule has 5 nitrogen and oxygen atoms in total. The first-order chi connectivity index (χ1) is 11.3. The Bertz CT molecular complexity index is 628. The monoisotopic (exact) mass is 348 g/mol. The molecule has 0 saturated carbocycles. The summed E-state index contributed by atoms with van der Waals surface area (Å²) in [5.74, 6) is -0.183. The summed E-state index contributed by atoms with van der Waals surface area (Å²) in [7, 11) is 0. The van der Waals surface area contributed by atoms with Crippen LogP contribution >= 0.6 is 11.8 Å². The Balaban J connectivity index is 2.00. The minimum absolute atomic E-state index is 0.0598.